The van der Waals surface area contributed by atoms with Crippen molar-refractivity contribution < 1.29 is 14.0 Å². The fraction of sp³-hybridized carbons (Fsp3) is 0.429. The van der Waals surface area contributed by atoms with Gasteiger partial charge in [0, 0.05) is 17.6 Å². The zero-order valence-corrected chi connectivity index (χ0v) is 12.9. The third kappa shape index (κ3) is 5.23. The molecule has 0 heterocycles. The van der Waals surface area contributed by atoms with E-state index in [0.717, 1.165) is 0 Å². The van der Waals surface area contributed by atoms with Crippen LogP contribution in [0.25, 0.3) is 0 Å². The fourth-order valence-corrected chi connectivity index (χ4v) is 1.96. The van der Waals surface area contributed by atoms with Crippen LogP contribution < -0.4 is 16.0 Å². The van der Waals surface area contributed by atoms with E-state index in [0.29, 0.717) is 10.6 Å². The van der Waals surface area contributed by atoms with Crippen molar-refractivity contribution in [1.29, 1.82) is 0 Å². The topological polar surface area (TPSA) is 70.2 Å². The van der Waals surface area contributed by atoms with Crippen LogP contribution in [0.1, 0.15) is 25.5 Å². The van der Waals surface area contributed by atoms with Crippen LogP contribution in [0.5, 0.6) is 0 Å². The second-order valence-corrected chi connectivity index (χ2v) is 5.32. The molecule has 1 rings (SSSR count). The molecule has 0 radical (unpaired) electrons. The summed E-state index contributed by atoms with van der Waals surface area (Å²) in [6.45, 7) is 3.58. The van der Waals surface area contributed by atoms with Gasteiger partial charge in [-0.3, -0.25) is 4.79 Å². The molecule has 0 aliphatic rings. The average molecular weight is 316 g/mol. The van der Waals surface area contributed by atoms with Crippen molar-refractivity contribution in [3.8, 4) is 0 Å². The van der Waals surface area contributed by atoms with E-state index >= 15 is 0 Å². The lowest BCUT2D eigenvalue weighted by atomic mass is 9.96. The number of urea groups is 1. The predicted octanol–water partition coefficient (Wildman–Crippen LogP) is 2.22. The van der Waals surface area contributed by atoms with Crippen molar-refractivity contribution in [3.05, 3.63) is 34.6 Å². The van der Waals surface area contributed by atoms with Gasteiger partial charge in [-0.15, -0.1) is 0 Å². The van der Waals surface area contributed by atoms with E-state index in [1.807, 2.05) is 13.8 Å². The van der Waals surface area contributed by atoms with Crippen molar-refractivity contribution >= 4 is 23.5 Å². The maximum absolute atomic E-state index is 14.0. The van der Waals surface area contributed by atoms with Gasteiger partial charge in [0.1, 0.15) is 5.82 Å². The van der Waals surface area contributed by atoms with Crippen molar-refractivity contribution in [2.75, 3.05) is 13.6 Å². The molecule has 3 N–H and O–H groups in total. The van der Waals surface area contributed by atoms with Crippen LogP contribution in [0.3, 0.4) is 0 Å². The second-order valence-electron chi connectivity index (χ2n) is 4.89. The number of nitrogens with one attached hydrogen (secondary N) is 3. The van der Waals surface area contributed by atoms with Gasteiger partial charge in [0.2, 0.25) is 5.91 Å². The summed E-state index contributed by atoms with van der Waals surface area (Å²) in [5.74, 6) is -0.830. The number of benzene rings is 1. The van der Waals surface area contributed by atoms with E-state index in [1.54, 1.807) is 12.1 Å². The summed E-state index contributed by atoms with van der Waals surface area (Å²) in [6, 6.07) is 3.26. The van der Waals surface area contributed by atoms with Gasteiger partial charge in [-0.05, 0) is 18.1 Å². The largest absolute Gasteiger partial charge is 0.358 e. The molecule has 7 heteroatoms. The maximum atomic E-state index is 14.0. The molecule has 1 aromatic rings. The molecule has 1 aromatic carbocycles. The maximum Gasteiger partial charge on any atom is 0.315 e. The lowest BCUT2D eigenvalue weighted by Gasteiger charge is -2.23. The highest BCUT2D eigenvalue weighted by Crippen LogP contribution is 2.26. The number of carbonyl (C=O) groups excluding carboxylic acids is 2. The minimum absolute atomic E-state index is 0.0357. The molecule has 0 aromatic heterocycles. The Hall–Kier alpha value is -1.82. The van der Waals surface area contributed by atoms with Crippen LogP contribution >= 0.6 is 11.6 Å². The highest BCUT2D eigenvalue weighted by Gasteiger charge is 2.21. The van der Waals surface area contributed by atoms with Crippen LogP contribution in [0, 0.1) is 11.7 Å². The van der Waals surface area contributed by atoms with Gasteiger partial charge in [-0.2, -0.15) is 0 Å². The Morgan fingerprint density at radius 2 is 2.00 bits per heavy atom. The Balaban J connectivity index is 2.78. The van der Waals surface area contributed by atoms with E-state index < -0.39 is 17.9 Å². The van der Waals surface area contributed by atoms with Gasteiger partial charge >= 0.3 is 6.03 Å². The molecule has 21 heavy (non-hydrogen) atoms. The monoisotopic (exact) mass is 315 g/mol. The minimum atomic E-state index is -0.536. The molecule has 5 nitrogen and oxygen atoms in total. The minimum Gasteiger partial charge on any atom is -0.358 e. The summed E-state index contributed by atoms with van der Waals surface area (Å²) in [5.41, 5.74) is 0.351. The highest BCUT2D eigenvalue weighted by molar-refractivity contribution is 6.30. The number of halogens is 2. The van der Waals surface area contributed by atoms with Crippen LogP contribution in [-0.4, -0.2) is 25.5 Å². The lowest BCUT2D eigenvalue weighted by molar-refractivity contribution is -0.119. The molecular formula is C14H19ClFN3O2. The average Bonchev–Trinajstić information content (AvgIpc) is 2.42. The van der Waals surface area contributed by atoms with Crippen LogP contribution in [0.15, 0.2) is 18.2 Å². The lowest BCUT2D eigenvalue weighted by Crippen LogP contribution is -2.43. The predicted molar refractivity (Wildman–Crippen MR) is 79.6 cm³/mol. The first-order valence-electron chi connectivity index (χ1n) is 6.55. The Bertz CT molecular complexity index is 523. The fourth-order valence-electron chi connectivity index (χ4n) is 1.80. The molecule has 0 spiro atoms. The van der Waals surface area contributed by atoms with Gasteiger partial charge in [0.15, 0.2) is 0 Å². The van der Waals surface area contributed by atoms with Gasteiger partial charge in [0.05, 0.1) is 12.6 Å². The molecule has 0 fully saturated rings. The first-order valence-corrected chi connectivity index (χ1v) is 6.92. The van der Waals surface area contributed by atoms with Crippen LogP contribution in [0.4, 0.5) is 9.18 Å². The zero-order chi connectivity index (χ0) is 16.0. The normalized spacial score (nSPS) is 11.9. The summed E-state index contributed by atoms with van der Waals surface area (Å²) >= 11 is 5.72. The summed E-state index contributed by atoms with van der Waals surface area (Å²) in [6.07, 6.45) is 0. The first kappa shape index (κ1) is 17.2. The Morgan fingerprint density at radius 3 is 2.52 bits per heavy atom. The van der Waals surface area contributed by atoms with E-state index in [9.17, 15) is 14.0 Å². The molecule has 0 aliphatic heterocycles. The van der Waals surface area contributed by atoms with Gasteiger partial charge in [0.25, 0.3) is 0 Å². The molecule has 0 saturated carbocycles. The van der Waals surface area contributed by atoms with Crippen molar-refractivity contribution in [3.63, 3.8) is 0 Å². The molecule has 3 amide bonds. The Morgan fingerprint density at radius 1 is 1.33 bits per heavy atom. The summed E-state index contributed by atoms with van der Waals surface area (Å²) in [7, 11) is 1.47. The smallest absolute Gasteiger partial charge is 0.315 e. The van der Waals surface area contributed by atoms with Crippen molar-refractivity contribution in [2.45, 2.75) is 19.9 Å². The molecule has 0 saturated heterocycles. The van der Waals surface area contributed by atoms with E-state index in [4.69, 9.17) is 11.6 Å². The number of amides is 3. The molecule has 0 bridgehead atoms. The second kappa shape index (κ2) is 7.83. The highest BCUT2D eigenvalue weighted by atomic mass is 35.5. The Labute approximate surface area is 128 Å². The number of rotatable bonds is 5. The third-order valence-corrected chi connectivity index (χ3v) is 3.17. The van der Waals surface area contributed by atoms with Crippen molar-refractivity contribution in [2.24, 2.45) is 5.92 Å². The molecule has 1 atom stereocenters. The summed E-state index contributed by atoms with van der Waals surface area (Å²) in [4.78, 5) is 22.8. The third-order valence-electron chi connectivity index (χ3n) is 2.94. The molecule has 0 unspecified atom stereocenters. The number of hydrogen-bond acceptors (Lipinski definition) is 2. The summed E-state index contributed by atoms with van der Waals surface area (Å²) < 4.78 is 14.0. The Kier molecular flexibility index (Phi) is 6.42. The van der Waals surface area contributed by atoms with Gasteiger partial charge < -0.3 is 16.0 Å². The van der Waals surface area contributed by atoms with Crippen LogP contribution in [-0.2, 0) is 4.79 Å². The molecular weight excluding hydrogens is 297 g/mol. The number of likely N-dealkylation sites (N-methyl/N-ethyl adjacent to an activating group) is 1. The standard InChI is InChI=1S/C14H19ClFN3O2/c1-8(2)13(10-5-4-9(15)6-11(10)16)19-14(21)18-7-12(20)17-3/h4-6,8,13H,7H2,1-3H3,(H,17,20)(H2,18,19,21)/t13-/m0/s1. The van der Waals surface area contributed by atoms with E-state index in [1.165, 1.54) is 13.1 Å². The van der Waals surface area contributed by atoms with E-state index in [2.05, 4.69) is 16.0 Å². The molecule has 116 valence electrons. The van der Waals surface area contributed by atoms with Crippen LogP contribution in [0.2, 0.25) is 5.02 Å². The molecule has 0 aliphatic carbocycles. The summed E-state index contributed by atoms with van der Waals surface area (Å²) in [5, 5.41) is 7.75. The number of carbonyl (C=O) groups is 2. The quantitative estimate of drug-likeness (QED) is 0.779. The van der Waals surface area contributed by atoms with Crippen molar-refractivity contribution in [1.82, 2.24) is 16.0 Å². The van der Waals surface area contributed by atoms with Gasteiger partial charge in [-0.1, -0.05) is 31.5 Å². The first-order chi connectivity index (χ1) is 9.85. The zero-order valence-electron chi connectivity index (χ0n) is 12.2. The number of hydrogen-bond donors (Lipinski definition) is 3. The SMILES string of the molecule is CNC(=O)CNC(=O)N[C@H](c1ccc(Cl)cc1F)C(C)C. The van der Waals surface area contributed by atoms with E-state index in [-0.39, 0.29) is 18.4 Å². The van der Waals surface area contributed by atoms with Gasteiger partial charge in [-0.25, -0.2) is 9.18 Å².